The van der Waals surface area contributed by atoms with Crippen LogP contribution < -0.4 is 16.2 Å². The minimum Gasteiger partial charge on any atom is -0.355 e. The van der Waals surface area contributed by atoms with E-state index in [1.165, 1.54) is 19.3 Å². The molecule has 0 aromatic carbocycles. The minimum atomic E-state index is 0. The normalized spacial score (nSPS) is 14.7. The summed E-state index contributed by atoms with van der Waals surface area (Å²) in [7, 11) is 0. The van der Waals surface area contributed by atoms with Gasteiger partial charge in [0.25, 0.3) is 0 Å². The lowest BCUT2D eigenvalue weighted by molar-refractivity contribution is 0.571. The van der Waals surface area contributed by atoms with Crippen LogP contribution in [0, 0.1) is 0 Å². The highest BCUT2D eigenvalue weighted by molar-refractivity contribution is 5.85. The Kier molecular flexibility index (Phi) is 7.12. The molecule has 1 aromatic heterocycles. The molecule has 2 rings (SSSR count). The summed E-state index contributed by atoms with van der Waals surface area (Å²) in [5.41, 5.74) is 2.46. The average molecular weight is 266 g/mol. The summed E-state index contributed by atoms with van der Waals surface area (Å²) in [5.74, 6) is 6.76. The molecule has 7 heteroatoms. The first-order valence-electron chi connectivity index (χ1n) is 4.95. The number of rotatable bonds is 2. The molecule has 1 aromatic rings. The van der Waals surface area contributed by atoms with Crippen molar-refractivity contribution in [1.82, 2.24) is 10.2 Å². The minimum absolute atomic E-state index is 0. The number of hydrogen-bond donors (Lipinski definition) is 2. The number of anilines is 2. The Balaban J connectivity index is 0.00000112. The van der Waals surface area contributed by atoms with Crippen molar-refractivity contribution >= 4 is 36.4 Å². The van der Waals surface area contributed by atoms with Gasteiger partial charge in [-0.2, -0.15) is 0 Å². The van der Waals surface area contributed by atoms with E-state index in [0.29, 0.717) is 5.82 Å². The Morgan fingerprint density at radius 3 is 2.25 bits per heavy atom. The molecule has 16 heavy (non-hydrogen) atoms. The number of aromatic nitrogens is 2. The van der Waals surface area contributed by atoms with Crippen molar-refractivity contribution in [1.29, 1.82) is 0 Å². The van der Waals surface area contributed by atoms with Crippen LogP contribution in [0.1, 0.15) is 19.3 Å². The van der Waals surface area contributed by atoms with Gasteiger partial charge < -0.3 is 10.3 Å². The molecule has 1 aliphatic rings. The van der Waals surface area contributed by atoms with E-state index in [4.69, 9.17) is 5.84 Å². The largest absolute Gasteiger partial charge is 0.355 e. The van der Waals surface area contributed by atoms with Crippen molar-refractivity contribution in [2.75, 3.05) is 23.4 Å². The number of piperidine rings is 1. The quantitative estimate of drug-likeness (QED) is 0.628. The Morgan fingerprint density at radius 2 is 1.75 bits per heavy atom. The van der Waals surface area contributed by atoms with Crippen LogP contribution in [0.4, 0.5) is 11.6 Å². The molecule has 0 aliphatic carbocycles. The SMILES string of the molecule is Cl.Cl.NNc1ccc(N2CCCCC2)nn1. The number of hydrazine groups is 1. The topological polar surface area (TPSA) is 67.1 Å². The first-order valence-corrected chi connectivity index (χ1v) is 4.95. The lowest BCUT2D eigenvalue weighted by Gasteiger charge is -2.27. The molecule has 0 atom stereocenters. The Bertz CT molecular complexity index is 286. The molecule has 0 radical (unpaired) electrons. The van der Waals surface area contributed by atoms with E-state index in [1.54, 1.807) is 0 Å². The number of nitrogens with zero attached hydrogens (tertiary/aromatic N) is 3. The van der Waals surface area contributed by atoms with Crippen LogP contribution in [0.5, 0.6) is 0 Å². The monoisotopic (exact) mass is 265 g/mol. The second-order valence-corrected chi connectivity index (χ2v) is 3.47. The highest BCUT2D eigenvalue weighted by atomic mass is 35.5. The van der Waals surface area contributed by atoms with Crippen molar-refractivity contribution in [3.63, 3.8) is 0 Å². The van der Waals surface area contributed by atoms with Crippen LogP contribution in [-0.4, -0.2) is 23.3 Å². The highest BCUT2D eigenvalue weighted by Crippen LogP contribution is 2.16. The standard InChI is InChI=1S/C9H15N5.2ClH/c10-11-8-4-5-9(13-12-8)14-6-2-1-3-7-14;;/h4-5H,1-3,6-7,10H2,(H,11,12);2*1H. The smallest absolute Gasteiger partial charge is 0.162 e. The average Bonchev–Trinajstić information content (AvgIpc) is 2.30. The third kappa shape index (κ3) is 3.66. The van der Waals surface area contributed by atoms with Crippen molar-refractivity contribution in [3.8, 4) is 0 Å². The molecule has 5 nitrogen and oxygen atoms in total. The molecular weight excluding hydrogens is 249 g/mol. The van der Waals surface area contributed by atoms with E-state index in [9.17, 15) is 0 Å². The van der Waals surface area contributed by atoms with Gasteiger partial charge in [0.05, 0.1) is 0 Å². The molecule has 0 spiro atoms. The van der Waals surface area contributed by atoms with Crippen LogP contribution in [0.25, 0.3) is 0 Å². The van der Waals surface area contributed by atoms with Gasteiger partial charge in [-0.15, -0.1) is 35.0 Å². The van der Waals surface area contributed by atoms with E-state index in [1.807, 2.05) is 12.1 Å². The fraction of sp³-hybridized carbons (Fsp3) is 0.556. The molecule has 1 saturated heterocycles. The Hall–Kier alpha value is -0.780. The maximum atomic E-state index is 5.21. The van der Waals surface area contributed by atoms with Gasteiger partial charge in [0, 0.05) is 13.1 Å². The molecule has 3 N–H and O–H groups in total. The molecule has 0 saturated carbocycles. The number of nitrogens with one attached hydrogen (secondary N) is 1. The Labute approximate surface area is 108 Å². The summed E-state index contributed by atoms with van der Waals surface area (Å²) < 4.78 is 0. The van der Waals surface area contributed by atoms with E-state index in [2.05, 4.69) is 20.5 Å². The predicted octanol–water partition coefficient (Wildman–Crippen LogP) is 1.60. The first kappa shape index (κ1) is 15.2. The molecule has 1 aliphatic heterocycles. The zero-order chi connectivity index (χ0) is 9.80. The van der Waals surface area contributed by atoms with Crippen molar-refractivity contribution < 1.29 is 0 Å². The summed E-state index contributed by atoms with van der Waals surface area (Å²) in [5, 5.41) is 8.05. The molecule has 0 unspecified atom stereocenters. The zero-order valence-electron chi connectivity index (χ0n) is 8.93. The van der Waals surface area contributed by atoms with Gasteiger partial charge in [0.1, 0.15) is 0 Å². The summed E-state index contributed by atoms with van der Waals surface area (Å²) >= 11 is 0. The summed E-state index contributed by atoms with van der Waals surface area (Å²) in [6.45, 7) is 2.17. The van der Waals surface area contributed by atoms with Crippen molar-refractivity contribution in [3.05, 3.63) is 12.1 Å². The van der Waals surface area contributed by atoms with Gasteiger partial charge in [0.2, 0.25) is 0 Å². The van der Waals surface area contributed by atoms with E-state index in [0.717, 1.165) is 18.9 Å². The van der Waals surface area contributed by atoms with Crippen molar-refractivity contribution in [2.24, 2.45) is 5.84 Å². The third-order valence-corrected chi connectivity index (χ3v) is 2.48. The zero-order valence-corrected chi connectivity index (χ0v) is 10.6. The van der Waals surface area contributed by atoms with Gasteiger partial charge in [-0.05, 0) is 31.4 Å². The maximum Gasteiger partial charge on any atom is 0.162 e. The molecule has 0 amide bonds. The van der Waals surface area contributed by atoms with Gasteiger partial charge in [0.15, 0.2) is 11.6 Å². The second kappa shape index (κ2) is 7.49. The van der Waals surface area contributed by atoms with Gasteiger partial charge in [-0.1, -0.05) is 0 Å². The number of hydrogen-bond acceptors (Lipinski definition) is 5. The van der Waals surface area contributed by atoms with E-state index < -0.39 is 0 Å². The van der Waals surface area contributed by atoms with Gasteiger partial charge >= 0.3 is 0 Å². The summed E-state index contributed by atoms with van der Waals surface area (Å²) in [6, 6.07) is 3.80. The Morgan fingerprint density at radius 1 is 1.06 bits per heavy atom. The molecular formula is C9H17Cl2N5. The summed E-state index contributed by atoms with van der Waals surface area (Å²) in [6.07, 6.45) is 3.82. The van der Waals surface area contributed by atoms with Gasteiger partial charge in [-0.3, -0.25) is 0 Å². The third-order valence-electron chi connectivity index (χ3n) is 2.48. The maximum absolute atomic E-state index is 5.21. The number of nitrogen functional groups attached to an aromatic ring is 1. The molecule has 2 heterocycles. The van der Waals surface area contributed by atoms with Crippen LogP contribution in [0.3, 0.4) is 0 Å². The lowest BCUT2D eigenvalue weighted by Crippen LogP contribution is -2.30. The fourth-order valence-electron chi connectivity index (χ4n) is 1.69. The first-order chi connectivity index (χ1) is 6.90. The van der Waals surface area contributed by atoms with Crippen LogP contribution in [0.15, 0.2) is 12.1 Å². The lowest BCUT2D eigenvalue weighted by atomic mass is 10.1. The van der Waals surface area contributed by atoms with Crippen LogP contribution in [-0.2, 0) is 0 Å². The van der Waals surface area contributed by atoms with E-state index in [-0.39, 0.29) is 24.8 Å². The second-order valence-electron chi connectivity index (χ2n) is 3.47. The fourth-order valence-corrected chi connectivity index (χ4v) is 1.69. The number of nitrogens with two attached hydrogens (primary N) is 1. The van der Waals surface area contributed by atoms with Crippen LogP contribution >= 0.6 is 24.8 Å². The molecule has 0 bridgehead atoms. The highest BCUT2D eigenvalue weighted by Gasteiger charge is 2.11. The van der Waals surface area contributed by atoms with E-state index >= 15 is 0 Å². The summed E-state index contributed by atoms with van der Waals surface area (Å²) in [4.78, 5) is 2.26. The molecule has 1 fully saturated rings. The van der Waals surface area contributed by atoms with Crippen LogP contribution in [0.2, 0.25) is 0 Å². The predicted molar refractivity (Wildman–Crippen MR) is 70.4 cm³/mol. The van der Waals surface area contributed by atoms with Crippen molar-refractivity contribution in [2.45, 2.75) is 19.3 Å². The van der Waals surface area contributed by atoms with Gasteiger partial charge in [-0.25, -0.2) is 5.84 Å². The number of halogens is 2. The molecule has 92 valence electrons.